The Balaban J connectivity index is 1.78. The molecule has 3 rings (SSSR count). The fourth-order valence-corrected chi connectivity index (χ4v) is 3.74. The highest BCUT2D eigenvalue weighted by atomic mass is 35.5. The van der Waals surface area contributed by atoms with Gasteiger partial charge in [-0.3, -0.25) is 9.20 Å². The standard InChI is InChI=1S/C23H22ClF6N3O3/c1-12-9-17(36-8-7-18(22(25,26)27)23(28,29)30)20-32-13(2)19(33(20)11-12)21(35)31-10-16(34)14-3-5-15(24)6-4-14/h3-6,9,11,16,18,34H,7-8,10H2,1-2H3,(H,31,35). The number of carbonyl (C=O) groups excluding carboxylic acids is 1. The Hall–Kier alpha value is -2.99. The maximum atomic E-state index is 12.9. The number of aliphatic hydroxyl groups excluding tert-OH is 1. The van der Waals surface area contributed by atoms with Crippen LogP contribution in [0.4, 0.5) is 26.3 Å². The molecular formula is C23H22ClF6N3O3. The highest BCUT2D eigenvalue weighted by Crippen LogP contribution is 2.41. The second-order valence-corrected chi connectivity index (χ2v) is 8.61. The van der Waals surface area contributed by atoms with Crippen molar-refractivity contribution in [2.75, 3.05) is 13.2 Å². The number of rotatable bonds is 8. The number of benzene rings is 1. The molecule has 0 spiro atoms. The van der Waals surface area contributed by atoms with Crippen molar-refractivity contribution in [3.8, 4) is 5.75 Å². The topological polar surface area (TPSA) is 75.9 Å². The van der Waals surface area contributed by atoms with E-state index in [1.165, 1.54) is 23.6 Å². The van der Waals surface area contributed by atoms with Gasteiger partial charge in [0.2, 0.25) is 0 Å². The van der Waals surface area contributed by atoms with Crippen molar-refractivity contribution in [1.82, 2.24) is 14.7 Å². The number of alkyl halides is 6. The molecule has 1 atom stereocenters. The van der Waals surface area contributed by atoms with Crippen molar-refractivity contribution in [1.29, 1.82) is 0 Å². The fraction of sp³-hybridized carbons (Fsp3) is 0.391. The minimum atomic E-state index is -5.46. The minimum absolute atomic E-state index is 0.0528. The lowest BCUT2D eigenvalue weighted by Gasteiger charge is -2.22. The van der Waals surface area contributed by atoms with Crippen LogP contribution in [0.15, 0.2) is 36.5 Å². The Kier molecular flexibility index (Phi) is 8.09. The normalized spacial score (nSPS) is 13.3. The summed E-state index contributed by atoms with van der Waals surface area (Å²) < 4.78 is 83.4. The smallest absolute Gasteiger partial charge is 0.400 e. The molecule has 0 bridgehead atoms. The predicted molar refractivity (Wildman–Crippen MR) is 119 cm³/mol. The molecule has 0 saturated carbocycles. The summed E-state index contributed by atoms with van der Waals surface area (Å²) in [5.41, 5.74) is 1.42. The van der Waals surface area contributed by atoms with Gasteiger partial charge in [0, 0.05) is 24.2 Å². The highest BCUT2D eigenvalue weighted by molar-refractivity contribution is 6.30. The van der Waals surface area contributed by atoms with Crippen LogP contribution < -0.4 is 10.1 Å². The lowest BCUT2D eigenvalue weighted by atomic mass is 10.1. The monoisotopic (exact) mass is 537 g/mol. The van der Waals surface area contributed by atoms with E-state index >= 15 is 0 Å². The fourth-order valence-electron chi connectivity index (χ4n) is 3.61. The van der Waals surface area contributed by atoms with Crippen LogP contribution in [0.2, 0.25) is 5.02 Å². The molecule has 0 aliphatic rings. The number of nitrogens with zero attached hydrogens (tertiary/aromatic N) is 2. The van der Waals surface area contributed by atoms with Crippen molar-refractivity contribution < 1.29 is 41.0 Å². The maximum absolute atomic E-state index is 12.9. The van der Waals surface area contributed by atoms with Gasteiger partial charge in [-0.1, -0.05) is 23.7 Å². The van der Waals surface area contributed by atoms with Crippen LogP contribution in [-0.2, 0) is 0 Å². The molecule has 2 heterocycles. The van der Waals surface area contributed by atoms with Gasteiger partial charge in [-0.2, -0.15) is 26.3 Å². The van der Waals surface area contributed by atoms with E-state index in [-0.39, 0.29) is 29.3 Å². The molecule has 1 amide bonds. The van der Waals surface area contributed by atoms with Crippen LogP contribution in [0.25, 0.3) is 5.65 Å². The van der Waals surface area contributed by atoms with Crippen LogP contribution >= 0.6 is 11.6 Å². The minimum Gasteiger partial charge on any atom is -0.490 e. The summed E-state index contributed by atoms with van der Waals surface area (Å²) in [6.07, 6.45) is -11.8. The molecular weight excluding hydrogens is 516 g/mol. The Morgan fingerprint density at radius 3 is 2.33 bits per heavy atom. The molecule has 2 N–H and O–H groups in total. The summed E-state index contributed by atoms with van der Waals surface area (Å²) in [7, 11) is 0. The zero-order valence-electron chi connectivity index (χ0n) is 19.0. The van der Waals surface area contributed by atoms with Gasteiger partial charge < -0.3 is 15.2 Å². The Morgan fingerprint density at radius 2 is 1.75 bits per heavy atom. The van der Waals surface area contributed by atoms with Gasteiger partial charge in [0.05, 0.1) is 18.4 Å². The lowest BCUT2D eigenvalue weighted by Crippen LogP contribution is -2.37. The number of carbonyl (C=O) groups is 1. The van der Waals surface area contributed by atoms with E-state index < -0.39 is 43.3 Å². The first-order valence-electron chi connectivity index (χ1n) is 10.7. The number of aromatic nitrogens is 2. The highest BCUT2D eigenvalue weighted by Gasteiger charge is 2.56. The number of amides is 1. The summed E-state index contributed by atoms with van der Waals surface area (Å²) >= 11 is 5.83. The van der Waals surface area contributed by atoms with E-state index in [2.05, 4.69) is 10.3 Å². The number of fused-ring (bicyclic) bond motifs is 1. The Labute approximate surface area is 206 Å². The summed E-state index contributed by atoms with van der Waals surface area (Å²) in [6.45, 7) is 2.12. The van der Waals surface area contributed by atoms with E-state index in [1.807, 2.05) is 0 Å². The molecule has 3 aromatic rings. The molecule has 0 radical (unpaired) electrons. The number of nitrogens with one attached hydrogen (secondary N) is 1. The van der Waals surface area contributed by atoms with Crippen LogP contribution in [0, 0.1) is 19.8 Å². The number of halogens is 7. The van der Waals surface area contributed by atoms with E-state index in [4.69, 9.17) is 16.3 Å². The predicted octanol–water partition coefficient (Wildman–Crippen LogP) is 5.58. The molecule has 1 aromatic carbocycles. The van der Waals surface area contributed by atoms with E-state index in [1.54, 1.807) is 31.2 Å². The largest absolute Gasteiger partial charge is 0.490 e. The molecule has 36 heavy (non-hydrogen) atoms. The zero-order valence-corrected chi connectivity index (χ0v) is 19.8. The maximum Gasteiger partial charge on any atom is 0.400 e. The quantitative estimate of drug-likeness (QED) is 0.368. The molecule has 196 valence electrons. The number of ether oxygens (including phenoxy) is 1. The van der Waals surface area contributed by atoms with Gasteiger partial charge in [-0.25, -0.2) is 4.98 Å². The first-order chi connectivity index (χ1) is 16.7. The van der Waals surface area contributed by atoms with Gasteiger partial charge >= 0.3 is 12.4 Å². The van der Waals surface area contributed by atoms with Gasteiger partial charge in [0.25, 0.3) is 5.91 Å². The number of hydrogen-bond donors (Lipinski definition) is 2. The van der Waals surface area contributed by atoms with Crippen molar-refractivity contribution in [2.24, 2.45) is 5.92 Å². The van der Waals surface area contributed by atoms with Crippen LogP contribution in [0.5, 0.6) is 5.75 Å². The molecule has 6 nitrogen and oxygen atoms in total. The molecule has 0 aliphatic heterocycles. The number of aliphatic hydroxyl groups is 1. The van der Waals surface area contributed by atoms with Crippen molar-refractivity contribution in [3.63, 3.8) is 0 Å². The molecule has 0 fully saturated rings. The summed E-state index contributed by atoms with van der Waals surface area (Å²) in [5, 5.41) is 13.4. The van der Waals surface area contributed by atoms with Gasteiger partial charge in [0.15, 0.2) is 17.3 Å². The van der Waals surface area contributed by atoms with Crippen molar-refractivity contribution in [3.05, 3.63) is 64.1 Å². The molecule has 0 aliphatic carbocycles. The van der Waals surface area contributed by atoms with Crippen LogP contribution in [0.3, 0.4) is 0 Å². The van der Waals surface area contributed by atoms with E-state index in [0.717, 1.165) is 0 Å². The number of pyridine rings is 1. The molecule has 2 aromatic heterocycles. The molecule has 0 saturated heterocycles. The Morgan fingerprint density at radius 1 is 1.14 bits per heavy atom. The second kappa shape index (κ2) is 10.6. The number of aryl methyl sites for hydroxylation is 2. The third-order valence-electron chi connectivity index (χ3n) is 5.38. The zero-order chi connectivity index (χ0) is 26.8. The van der Waals surface area contributed by atoms with Gasteiger partial charge in [-0.15, -0.1) is 0 Å². The number of imidazole rings is 1. The van der Waals surface area contributed by atoms with Crippen molar-refractivity contribution in [2.45, 2.75) is 38.7 Å². The third-order valence-corrected chi connectivity index (χ3v) is 5.63. The van der Waals surface area contributed by atoms with Crippen LogP contribution in [0.1, 0.15) is 39.8 Å². The molecule has 1 unspecified atom stereocenters. The first-order valence-corrected chi connectivity index (χ1v) is 11.0. The second-order valence-electron chi connectivity index (χ2n) is 8.17. The summed E-state index contributed by atoms with van der Waals surface area (Å²) in [6, 6.07) is 7.80. The number of hydrogen-bond acceptors (Lipinski definition) is 4. The Bertz CT molecular complexity index is 1210. The average Bonchev–Trinajstić information content (AvgIpc) is 3.09. The van der Waals surface area contributed by atoms with Gasteiger partial charge in [-0.05, 0) is 43.2 Å². The van der Waals surface area contributed by atoms with Crippen molar-refractivity contribution >= 4 is 23.2 Å². The van der Waals surface area contributed by atoms with Crippen LogP contribution in [-0.4, -0.2) is 45.9 Å². The van der Waals surface area contributed by atoms with E-state index in [9.17, 15) is 36.2 Å². The SMILES string of the molecule is Cc1cc(OCCC(C(F)(F)F)C(F)(F)F)c2nc(C)c(C(=O)NCC(O)c3ccc(Cl)cc3)n2c1. The first kappa shape index (κ1) is 27.6. The van der Waals surface area contributed by atoms with Gasteiger partial charge in [0.1, 0.15) is 5.69 Å². The summed E-state index contributed by atoms with van der Waals surface area (Å²) in [5.74, 6) is -4.19. The molecule has 13 heteroatoms. The average molecular weight is 538 g/mol. The lowest BCUT2D eigenvalue weighted by molar-refractivity contribution is -0.286. The summed E-state index contributed by atoms with van der Waals surface area (Å²) in [4.78, 5) is 17.1. The third kappa shape index (κ3) is 6.41. The van der Waals surface area contributed by atoms with E-state index in [0.29, 0.717) is 16.1 Å².